The molecule has 1 heterocycles. The molecule has 4 fully saturated rings. The van der Waals surface area contributed by atoms with Gasteiger partial charge in [0.1, 0.15) is 56.0 Å². The van der Waals surface area contributed by atoms with Gasteiger partial charge in [0.2, 0.25) is 47.1 Å². The van der Waals surface area contributed by atoms with Gasteiger partial charge in [-0.05, 0) is 157 Å². The highest BCUT2D eigenvalue weighted by molar-refractivity contribution is 6.02. The number of carbonyl (C=O) groups excluding carboxylic acids is 10. The van der Waals surface area contributed by atoms with Crippen molar-refractivity contribution in [1.82, 2.24) is 42.5 Å². The van der Waals surface area contributed by atoms with Gasteiger partial charge >= 0.3 is 6.03 Å². The highest BCUT2D eigenvalue weighted by Gasteiger charge is 2.80. The summed E-state index contributed by atoms with van der Waals surface area (Å²) in [5, 5.41) is 37.8. The van der Waals surface area contributed by atoms with Gasteiger partial charge < -0.3 is 130 Å². The average Bonchev–Trinajstić information content (AvgIpc) is 1.53. The molecule has 0 spiro atoms. The van der Waals surface area contributed by atoms with Crippen LogP contribution in [0.5, 0.6) is 5.75 Å². The number of ketones is 2. The van der Waals surface area contributed by atoms with E-state index in [1.165, 1.54) is 43.3 Å². The lowest BCUT2D eigenvalue weighted by Gasteiger charge is -2.63. The largest absolute Gasteiger partial charge is 0.486 e. The number of ether oxygens (including phenoxy) is 13. The number of anilines is 1. The molecule has 1 aromatic rings. The number of likely N-dealkylation sites (N-methyl/N-ethyl adjacent to an activating group) is 1. The molecule has 6 aliphatic carbocycles. The van der Waals surface area contributed by atoms with Crippen LogP contribution in [0.1, 0.15) is 176 Å². The van der Waals surface area contributed by atoms with Gasteiger partial charge in [0.15, 0.2) is 23.3 Å². The third-order valence-electron chi connectivity index (χ3n) is 25.5. The third kappa shape index (κ3) is 34.7. The lowest BCUT2D eigenvalue weighted by molar-refractivity contribution is -0.869. The summed E-state index contributed by atoms with van der Waals surface area (Å²) in [7, 11) is 6.21. The minimum absolute atomic E-state index is 0.0199. The number of aliphatic hydroxyl groups is 1. The number of nitrogens with one attached hydrogen (secondary N) is 9. The van der Waals surface area contributed by atoms with Gasteiger partial charge in [-0.3, -0.25) is 43.2 Å². The van der Waals surface area contributed by atoms with Gasteiger partial charge in [-0.2, -0.15) is 0 Å². The number of unbranched alkanes of at least 4 members (excludes halogenated alkanes) is 1. The van der Waals surface area contributed by atoms with Crippen LogP contribution in [0.3, 0.4) is 0 Å². The lowest BCUT2D eigenvalue weighted by atomic mass is 9.44. The maximum absolute atomic E-state index is 18.2. The van der Waals surface area contributed by atoms with Gasteiger partial charge in [-0.15, -0.1) is 5.92 Å². The number of primary amides is 1. The Morgan fingerprint density at radius 1 is 0.632 bits per heavy atom. The van der Waals surface area contributed by atoms with Crippen LogP contribution in [-0.2, 0) is 100.0 Å². The summed E-state index contributed by atoms with van der Waals surface area (Å²) >= 11 is 0. The molecule has 15 atom stereocenters. The SMILES string of the molecule is CCCC1O[C@@H]2C[C@H]3[C@@H]4C[C@H](F)C5=CC(=O)C=C[C@]5(C)[C@@]4(F)[C@@H](O)C[C@]3(C)[C@]2(C(=O)COc2ccc(NC(=O)[C@H](CCCNC(N)=O)NC(=O)[C@@H](NC(=O)[C@@H](CCCCNC(=O)COC3CCCCC/C(NCCOCCOCCOCCOCCC(=O)NCC[N+](C)(C)C)=C\3N)NC(=O)CCOCCOCCOCCOCCNC(=O)COC3C#CCCCCC3)C(C)C)cc2)O1. The smallest absolute Gasteiger partial charge is 0.312 e. The summed E-state index contributed by atoms with van der Waals surface area (Å²) in [5.41, 5.74) is 6.65. The molecule has 1 aliphatic heterocycles. The lowest BCUT2D eigenvalue weighted by Crippen LogP contribution is -2.71. The number of rotatable bonds is 63. The summed E-state index contributed by atoms with van der Waals surface area (Å²) in [6.45, 7) is 15.0. The van der Waals surface area contributed by atoms with Crippen LogP contribution in [-0.4, -0.2) is 321 Å². The highest BCUT2D eigenvalue weighted by Crippen LogP contribution is 2.72. The van der Waals surface area contributed by atoms with Gasteiger partial charge in [-0.1, -0.05) is 65.4 Å². The molecule has 0 radical (unpaired) electrons. The monoisotopic (exact) mass is 1880 g/mol. The minimum Gasteiger partial charge on any atom is -0.486 e. The summed E-state index contributed by atoms with van der Waals surface area (Å²) in [6.07, 6.45) is 8.45. The molecule has 7 aliphatic rings. The van der Waals surface area contributed by atoms with Gasteiger partial charge in [0, 0.05) is 73.6 Å². The molecule has 0 aromatic heterocycles. The number of nitrogens with two attached hydrogens (primary N) is 2. The first-order chi connectivity index (χ1) is 63.8. The summed E-state index contributed by atoms with van der Waals surface area (Å²) < 4.78 is 112. The number of amides is 9. The molecular formula is C95H151F2N12O24+. The fourth-order valence-corrected chi connectivity index (χ4v) is 18.3. The Bertz CT molecular complexity index is 4020. The van der Waals surface area contributed by atoms with Crippen LogP contribution in [0.25, 0.3) is 0 Å². The van der Waals surface area contributed by atoms with Crippen molar-refractivity contribution in [3.05, 3.63) is 59.5 Å². The minimum atomic E-state index is -2.40. The number of alkyl halides is 2. The average molecular weight is 1880 g/mol. The zero-order valence-corrected chi connectivity index (χ0v) is 79.4. The van der Waals surface area contributed by atoms with Crippen LogP contribution >= 0.6 is 0 Å². The number of hydrogen-bond donors (Lipinski definition) is 12. The Morgan fingerprint density at radius 2 is 1.22 bits per heavy atom. The normalized spacial score (nSPS) is 25.6. The van der Waals surface area contributed by atoms with Crippen molar-refractivity contribution < 1.29 is 128 Å². The van der Waals surface area contributed by atoms with E-state index in [0.717, 1.165) is 74.2 Å². The first-order valence-electron chi connectivity index (χ1n) is 47.8. The number of halogens is 2. The topological polar surface area (TPSA) is 471 Å². The van der Waals surface area contributed by atoms with Crippen molar-refractivity contribution in [3.63, 3.8) is 0 Å². The number of Topliss-reactive ketones (excluding diaryl/α,β-unsaturated/α-hetero) is 1. The predicted molar refractivity (Wildman–Crippen MR) is 489 cm³/mol. The standard InChI is InChI=1S/C95H150F2N12O24/c1-9-21-85-132-80-60-70-71-59-73(96)72-58-67(110)32-35-92(72,4)94(71,97)78(111)61-93(70,5)95(80,133-85)79(112)62-129-69-30-28-66(29-31-69)105-88(117)76(26-20-37-104-91(99)120)107-90(119)87(65(2)3)108-89(118)75(106-82(114)34-43-122-47-51-126-55-57-128-53-49-124-45-40-103-83(115)63-130-68-22-14-11-10-12-15-23-68)25-18-19-36-101-84(116)64-131-77-27-17-13-16-24-74(86(77)98)100-39-44-123-48-52-127-56-54-125-50-46-121-42-33-81(113)102-38-41-109(6,7)8/h28-32,35,58,65,68,70-71,73,75-78,80,85,87,100,111H,9-14,16-22,24-27,33-34,36-57,59-64,98H2,1-8H3,(H9-,99,101,102,103,104,105,106,107,108,113,114,115,116,117,118,119,120)/p+1/b86-74-/t68?,70-,71-,73-,75+,76-,77?,78-,80+,85?,87-,92-,93-,94-,95+/m0/s1. The van der Waals surface area contributed by atoms with E-state index in [2.05, 4.69) is 80.8 Å². The van der Waals surface area contributed by atoms with Crippen LogP contribution in [0.15, 0.2) is 59.5 Å². The molecule has 36 nitrogen and oxygen atoms in total. The maximum atomic E-state index is 18.2. The van der Waals surface area contributed by atoms with Crippen LogP contribution in [0.2, 0.25) is 0 Å². The van der Waals surface area contributed by atoms with Crippen LogP contribution in [0.4, 0.5) is 19.3 Å². The quantitative estimate of drug-likeness (QED) is 0.0233. The van der Waals surface area contributed by atoms with Gasteiger partial charge in [0.05, 0.1) is 164 Å². The Hall–Kier alpha value is -8.40. The van der Waals surface area contributed by atoms with Crippen LogP contribution in [0, 0.1) is 40.4 Å². The molecule has 3 unspecified atom stereocenters. The molecule has 38 heteroatoms. The number of benzene rings is 1. The fourth-order valence-electron chi connectivity index (χ4n) is 18.3. The Labute approximate surface area is 782 Å². The molecule has 8 rings (SSSR count). The maximum Gasteiger partial charge on any atom is 0.312 e. The van der Waals surface area contributed by atoms with E-state index in [1.54, 1.807) is 20.8 Å². The fraction of sp³-hybridized carbons (Fsp3) is 0.747. The number of allylic oxidation sites excluding steroid dienone is 5. The summed E-state index contributed by atoms with van der Waals surface area (Å²) in [4.78, 5) is 134. The number of hydrogen-bond acceptors (Lipinski definition) is 26. The molecule has 1 aromatic carbocycles. The van der Waals surface area contributed by atoms with Crippen LogP contribution < -0.4 is 64.1 Å². The number of quaternary nitrogens is 1. The van der Waals surface area contributed by atoms with E-state index < -0.39 is 137 Å². The first kappa shape index (κ1) is 110. The molecule has 1 saturated heterocycles. The number of aliphatic hydroxyl groups excluding tert-OH is 1. The molecule has 3 saturated carbocycles. The third-order valence-corrected chi connectivity index (χ3v) is 25.5. The first-order valence-corrected chi connectivity index (χ1v) is 47.8. The molecule has 14 N–H and O–H groups in total. The van der Waals surface area contributed by atoms with Crippen molar-refractivity contribution >= 4 is 64.6 Å². The number of urea groups is 1. The van der Waals surface area contributed by atoms with E-state index in [9.17, 15) is 48.3 Å². The van der Waals surface area contributed by atoms with Crippen molar-refractivity contribution in [2.24, 2.45) is 40.1 Å². The van der Waals surface area contributed by atoms with Crippen molar-refractivity contribution in [1.29, 1.82) is 0 Å². The Kier molecular flexibility index (Phi) is 47.1. The van der Waals surface area contributed by atoms with E-state index in [0.29, 0.717) is 143 Å². The number of carbonyl (C=O) groups is 10. The Balaban J connectivity index is 0.804. The Morgan fingerprint density at radius 3 is 1.86 bits per heavy atom. The summed E-state index contributed by atoms with van der Waals surface area (Å²) in [6, 6.07) is 1.49. The molecule has 0 bridgehead atoms. The zero-order valence-electron chi connectivity index (χ0n) is 79.4. The predicted octanol–water partition coefficient (Wildman–Crippen LogP) is 4.94. The highest BCUT2D eigenvalue weighted by atomic mass is 19.1. The molecule has 748 valence electrons. The molecule has 9 amide bonds. The van der Waals surface area contributed by atoms with E-state index >= 15 is 13.6 Å². The zero-order chi connectivity index (χ0) is 96.2. The molecule has 133 heavy (non-hydrogen) atoms. The van der Waals surface area contributed by atoms with Crippen molar-refractivity contribution in [2.75, 3.05) is 191 Å². The van der Waals surface area contributed by atoms with Gasteiger partial charge in [0.25, 0.3) is 0 Å². The summed E-state index contributed by atoms with van der Waals surface area (Å²) in [5.74, 6) is -0.300. The van der Waals surface area contributed by atoms with Crippen molar-refractivity contribution in [3.8, 4) is 17.6 Å². The van der Waals surface area contributed by atoms with E-state index in [-0.39, 0.29) is 145 Å². The number of fused-ring (bicyclic) bond motifs is 7. The van der Waals surface area contributed by atoms with E-state index in [4.69, 9.17) is 73.0 Å². The number of nitrogens with zero attached hydrogens (tertiary/aromatic N) is 1. The van der Waals surface area contributed by atoms with Gasteiger partial charge in [-0.25, -0.2) is 13.6 Å². The van der Waals surface area contributed by atoms with E-state index in [1.807, 2.05) is 6.92 Å². The second kappa shape index (κ2) is 57.0. The second-order valence-corrected chi connectivity index (χ2v) is 36.8. The van der Waals surface area contributed by atoms with Crippen molar-refractivity contribution in [2.45, 2.75) is 242 Å². The second-order valence-electron chi connectivity index (χ2n) is 36.8. The molecular weight excluding hydrogens is 1730 g/mol.